The molecule has 2 aromatic rings. The molecule has 0 saturated carbocycles. The molecule has 29 heavy (non-hydrogen) atoms. The van der Waals surface area contributed by atoms with Crippen LogP contribution in [0.5, 0.6) is 0 Å². The minimum Gasteiger partial charge on any atom is -0.356 e. The number of benzene rings is 2. The number of sulfonamides is 1. The minimum atomic E-state index is -4.17. The van der Waals surface area contributed by atoms with Gasteiger partial charge in [-0.15, -0.1) is 0 Å². The van der Waals surface area contributed by atoms with Crippen molar-refractivity contribution in [3.63, 3.8) is 0 Å². The lowest BCUT2D eigenvalue weighted by atomic mass is 9.97. The molecular weight excluding hydrogens is 405 g/mol. The van der Waals surface area contributed by atoms with E-state index in [1.54, 1.807) is 12.1 Å². The van der Waals surface area contributed by atoms with Crippen molar-refractivity contribution in [1.29, 1.82) is 0 Å². The number of hydrogen-bond donors (Lipinski definition) is 1. The third kappa shape index (κ3) is 5.16. The fourth-order valence-electron chi connectivity index (χ4n) is 3.34. The van der Waals surface area contributed by atoms with Gasteiger partial charge in [0, 0.05) is 25.6 Å². The molecule has 3 rings (SSSR count). The Hall–Kier alpha value is -2.39. The molecular formula is C20H21F3N2O3S. The molecule has 0 atom stereocenters. The molecule has 1 N–H and O–H groups in total. The molecule has 0 unspecified atom stereocenters. The molecule has 1 aliphatic heterocycles. The summed E-state index contributed by atoms with van der Waals surface area (Å²) in [6.07, 6.45) is 1.04. The Kier molecular flexibility index (Phi) is 6.59. The van der Waals surface area contributed by atoms with Crippen molar-refractivity contribution in [3.05, 3.63) is 65.5 Å². The summed E-state index contributed by atoms with van der Waals surface area (Å²) in [5, 5.41) is 2.78. The van der Waals surface area contributed by atoms with E-state index in [0.717, 1.165) is 22.0 Å². The molecule has 0 bridgehead atoms. The molecule has 0 aromatic heterocycles. The second-order valence-electron chi connectivity index (χ2n) is 6.92. The maximum Gasteiger partial charge on any atom is 0.246 e. The first kappa shape index (κ1) is 21.3. The maximum atomic E-state index is 13.9. The number of carbonyl (C=O) groups is 1. The Bertz CT molecular complexity index is 990. The largest absolute Gasteiger partial charge is 0.356 e. The monoisotopic (exact) mass is 426 g/mol. The standard InChI is InChI=1S/C20H21F3N2O3S/c21-16-3-1-2-14(12-16)6-9-24-20(26)15-7-10-25(11-8-15)29(27,28)19-13-17(22)4-5-18(19)23/h1-5,12-13,15H,6-11H2,(H,24,26). The molecule has 1 fully saturated rings. The van der Waals surface area contributed by atoms with Crippen LogP contribution in [0.2, 0.25) is 0 Å². The van der Waals surface area contributed by atoms with Gasteiger partial charge in [-0.1, -0.05) is 12.1 Å². The van der Waals surface area contributed by atoms with Crippen molar-refractivity contribution in [2.45, 2.75) is 24.2 Å². The Labute approximate surface area is 167 Å². The van der Waals surface area contributed by atoms with Gasteiger partial charge >= 0.3 is 0 Å². The van der Waals surface area contributed by atoms with Gasteiger partial charge in [0.15, 0.2) is 0 Å². The SMILES string of the molecule is O=C(NCCc1cccc(F)c1)C1CCN(S(=O)(=O)c2cc(F)ccc2F)CC1. The van der Waals surface area contributed by atoms with Crippen LogP contribution in [0.1, 0.15) is 18.4 Å². The number of halogens is 3. The average molecular weight is 426 g/mol. The highest BCUT2D eigenvalue weighted by Gasteiger charge is 2.33. The smallest absolute Gasteiger partial charge is 0.246 e. The molecule has 5 nitrogen and oxygen atoms in total. The summed E-state index contributed by atoms with van der Waals surface area (Å²) in [7, 11) is -4.17. The second kappa shape index (κ2) is 8.96. The average Bonchev–Trinajstić information content (AvgIpc) is 2.70. The van der Waals surface area contributed by atoms with Crippen LogP contribution in [-0.2, 0) is 21.2 Å². The quantitative estimate of drug-likeness (QED) is 0.773. The Morgan fingerprint density at radius 2 is 1.72 bits per heavy atom. The number of nitrogens with zero attached hydrogens (tertiary/aromatic N) is 1. The van der Waals surface area contributed by atoms with Crippen LogP contribution >= 0.6 is 0 Å². The van der Waals surface area contributed by atoms with Gasteiger partial charge in [0.05, 0.1) is 0 Å². The maximum absolute atomic E-state index is 13.9. The first-order valence-corrected chi connectivity index (χ1v) is 10.7. The lowest BCUT2D eigenvalue weighted by molar-refractivity contribution is -0.126. The Morgan fingerprint density at radius 3 is 2.41 bits per heavy atom. The first-order valence-electron chi connectivity index (χ1n) is 9.25. The molecule has 1 saturated heterocycles. The summed E-state index contributed by atoms with van der Waals surface area (Å²) < 4.78 is 66.6. The molecule has 0 radical (unpaired) electrons. The summed E-state index contributed by atoms with van der Waals surface area (Å²) in [6.45, 7) is 0.426. The van der Waals surface area contributed by atoms with E-state index in [1.165, 1.54) is 12.1 Å². The van der Waals surface area contributed by atoms with Crippen molar-refractivity contribution in [2.24, 2.45) is 5.92 Å². The normalized spacial score (nSPS) is 16.0. The fourth-order valence-corrected chi connectivity index (χ4v) is 4.88. The molecule has 9 heteroatoms. The van der Waals surface area contributed by atoms with Crippen molar-refractivity contribution < 1.29 is 26.4 Å². The predicted octanol–water partition coefficient (Wildman–Crippen LogP) is 2.86. The van der Waals surface area contributed by atoms with Crippen LogP contribution in [0.15, 0.2) is 47.4 Å². The zero-order chi connectivity index (χ0) is 21.0. The topological polar surface area (TPSA) is 66.5 Å². The fraction of sp³-hybridized carbons (Fsp3) is 0.350. The van der Waals surface area contributed by atoms with E-state index < -0.39 is 26.6 Å². The lowest BCUT2D eigenvalue weighted by Gasteiger charge is -2.30. The van der Waals surface area contributed by atoms with Crippen LogP contribution in [-0.4, -0.2) is 38.3 Å². The number of amides is 1. The number of rotatable bonds is 6. The van der Waals surface area contributed by atoms with Gasteiger partial charge in [0.25, 0.3) is 0 Å². The predicted molar refractivity (Wildman–Crippen MR) is 101 cm³/mol. The van der Waals surface area contributed by atoms with Crippen LogP contribution < -0.4 is 5.32 Å². The molecule has 0 aliphatic carbocycles. The van der Waals surface area contributed by atoms with Crippen LogP contribution in [0.4, 0.5) is 13.2 Å². The summed E-state index contributed by atoms with van der Waals surface area (Å²) in [6, 6.07) is 8.42. The lowest BCUT2D eigenvalue weighted by Crippen LogP contribution is -2.43. The molecule has 1 heterocycles. The third-order valence-electron chi connectivity index (χ3n) is 4.94. The van der Waals surface area contributed by atoms with Crippen molar-refractivity contribution >= 4 is 15.9 Å². The van der Waals surface area contributed by atoms with E-state index in [2.05, 4.69) is 5.32 Å². The van der Waals surface area contributed by atoms with Gasteiger partial charge in [0.1, 0.15) is 22.3 Å². The summed E-state index contributed by atoms with van der Waals surface area (Å²) in [5.74, 6) is -2.75. The Balaban J connectivity index is 1.53. The molecule has 1 aliphatic rings. The van der Waals surface area contributed by atoms with Crippen LogP contribution in [0.3, 0.4) is 0 Å². The van der Waals surface area contributed by atoms with E-state index in [9.17, 15) is 26.4 Å². The van der Waals surface area contributed by atoms with E-state index in [0.29, 0.717) is 19.0 Å². The van der Waals surface area contributed by atoms with Gasteiger partial charge in [-0.3, -0.25) is 4.79 Å². The van der Waals surface area contributed by atoms with E-state index in [-0.39, 0.29) is 43.6 Å². The van der Waals surface area contributed by atoms with Crippen LogP contribution in [0, 0.1) is 23.4 Å². The highest BCUT2D eigenvalue weighted by atomic mass is 32.2. The van der Waals surface area contributed by atoms with Gasteiger partial charge in [0.2, 0.25) is 15.9 Å². The third-order valence-corrected chi connectivity index (χ3v) is 6.85. The molecule has 1 amide bonds. The highest BCUT2D eigenvalue weighted by Crippen LogP contribution is 2.26. The summed E-state index contributed by atoms with van der Waals surface area (Å²) in [5.41, 5.74) is 0.767. The molecule has 156 valence electrons. The number of nitrogens with one attached hydrogen (secondary N) is 1. The van der Waals surface area contributed by atoms with E-state index in [1.807, 2.05) is 0 Å². The molecule has 2 aromatic carbocycles. The van der Waals surface area contributed by atoms with Gasteiger partial charge in [-0.25, -0.2) is 21.6 Å². The highest BCUT2D eigenvalue weighted by molar-refractivity contribution is 7.89. The minimum absolute atomic E-state index is 0.0419. The second-order valence-corrected chi connectivity index (χ2v) is 8.83. The van der Waals surface area contributed by atoms with E-state index in [4.69, 9.17) is 0 Å². The van der Waals surface area contributed by atoms with Gasteiger partial charge < -0.3 is 5.32 Å². The van der Waals surface area contributed by atoms with Crippen molar-refractivity contribution in [1.82, 2.24) is 9.62 Å². The van der Waals surface area contributed by atoms with Crippen LogP contribution in [0.25, 0.3) is 0 Å². The van der Waals surface area contributed by atoms with Gasteiger partial charge in [-0.05, 0) is 55.2 Å². The summed E-state index contributed by atoms with van der Waals surface area (Å²) in [4.78, 5) is 11.6. The first-order chi connectivity index (χ1) is 13.8. The number of piperidine rings is 1. The molecule has 0 spiro atoms. The van der Waals surface area contributed by atoms with Crippen molar-refractivity contribution in [2.75, 3.05) is 19.6 Å². The van der Waals surface area contributed by atoms with Crippen molar-refractivity contribution in [3.8, 4) is 0 Å². The van der Waals surface area contributed by atoms with E-state index >= 15 is 0 Å². The number of carbonyl (C=O) groups excluding carboxylic acids is 1. The number of hydrogen-bond acceptors (Lipinski definition) is 3. The van der Waals surface area contributed by atoms with Gasteiger partial charge in [-0.2, -0.15) is 4.31 Å². The Morgan fingerprint density at radius 1 is 1.03 bits per heavy atom. The summed E-state index contributed by atoms with van der Waals surface area (Å²) >= 11 is 0. The zero-order valence-corrected chi connectivity index (χ0v) is 16.4. The zero-order valence-electron chi connectivity index (χ0n) is 15.6.